The van der Waals surface area contributed by atoms with Crippen molar-refractivity contribution in [3.05, 3.63) is 23.8 Å². The number of nitrogens with two attached hydrogens (primary N) is 1. The van der Waals surface area contributed by atoms with Crippen molar-refractivity contribution >= 4 is 20.2 Å². The molecular formula is C13H24N2O3Si. The van der Waals surface area contributed by atoms with Gasteiger partial charge in [-0.3, -0.25) is 0 Å². The molecule has 0 saturated carbocycles. The van der Waals surface area contributed by atoms with Crippen LogP contribution in [0, 0.1) is 6.92 Å². The van der Waals surface area contributed by atoms with Gasteiger partial charge in [0.1, 0.15) is 0 Å². The lowest BCUT2D eigenvalue weighted by Crippen LogP contribution is -2.42. The van der Waals surface area contributed by atoms with Gasteiger partial charge in [-0.15, -0.1) is 0 Å². The van der Waals surface area contributed by atoms with Gasteiger partial charge in [0.15, 0.2) is 0 Å². The first-order chi connectivity index (χ1) is 9.06. The van der Waals surface area contributed by atoms with Gasteiger partial charge in [0.25, 0.3) is 0 Å². The fourth-order valence-corrected chi connectivity index (χ4v) is 3.57. The zero-order valence-corrected chi connectivity index (χ0v) is 13.2. The Kier molecular flexibility index (Phi) is 6.30. The first kappa shape index (κ1) is 16.0. The van der Waals surface area contributed by atoms with Crippen molar-refractivity contribution in [3.63, 3.8) is 0 Å². The van der Waals surface area contributed by atoms with E-state index < -0.39 is 8.80 Å². The zero-order valence-electron chi connectivity index (χ0n) is 12.2. The van der Waals surface area contributed by atoms with Crippen LogP contribution in [-0.2, 0) is 13.3 Å². The molecule has 0 aliphatic carbocycles. The third-order valence-corrected chi connectivity index (χ3v) is 6.03. The Morgan fingerprint density at radius 2 is 1.79 bits per heavy atom. The number of benzene rings is 1. The van der Waals surface area contributed by atoms with Gasteiger partial charge in [-0.05, 0) is 31.0 Å². The predicted octanol–water partition coefficient (Wildman–Crippen LogP) is 2.26. The van der Waals surface area contributed by atoms with Crippen LogP contribution in [0.5, 0.6) is 0 Å². The molecule has 0 unspecified atom stereocenters. The highest BCUT2D eigenvalue weighted by Crippen LogP contribution is 2.18. The zero-order chi connectivity index (χ0) is 14.3. The second-order valence-corrected chi connectivity index (χ2v) is 7.49. The van der Waals surface area contributed by atoms with Crippen LogP contribution < -0.4 is 11.1 Å². The van der Waals surface area contributed by atoms with Crippen molar-refractivity contribution in [1.82, 2.24) is 0 Å². The quantitative estimate of drug-likeness (QED) is 0.435. The first-order valence-electron chi connectivity index (χ1n) is 6.32. The van der Waals surface area contributed by atoms with Gasteiger partial charge in [0, 0.05) is 45.3 Å². The third kappa shape index (κ3) is 4.50. The molecular weight excluding hydrogens is 260 g/mol. The minimum atomic E-state index is -2.44. The van der Waals surface area contributed by atoms with Crippen LogP contribution in [0.25, 0.3) is 0 Å². The van der Waals surface area contributed by atoms with E-state index in [0.717, 1.165) is 35.9 Å². The molecule has 0 saturated heterocycles. The molecule has 3 N–H and O–H groups in total. The fourth-order valence-electron chi connectivity index (χ4n) is 1.84. The Labute approximate surface area is 116 Å². The van der Waals surface area contributed by atoms with Crippen LogP contribution in [0.15, 0.2) is 18.2 Å². The van der Waals surface area contributed by atoms with E-state index in [9.17, 15) is 0 Å². The molecule has 6 heteroatoms. The summed E-state index contributed by atoms with van der Waals surface area (Å²) in [5.74, 6) is 0. The molecule has 1 aromatic carbocycles. The molecule has 1 aromatic rings. The van der Waals surface area contributed by atoms with E-state index in [1.807, 2.05) is 25.1 Å². The van der Waals surface area contributed by atoms with E-state index in [1.165, 1.54) is 0 Å². The summed E-state index contributed by atoms with van der Waals surface area (Å²) in [4.78, 5) is 0. The van der Waals surface area contributed by atoms with Crippen LogP contribution in [-0.4, -0.2) is 36.7 Å². The second kappa shape index (κ2) is 7.49. The van der Waals surface area contributed by atoms with Crippen molar-refractivity contribution in [2.45, 2.75) is 19.4 Å². The van der Waals surface area contributed by atoms with E-state index in [0.29, 0.717) is 0 Å². The average Bonchev–Trinajstić information content (AvgIpc) is 2.44. The molecule has 0 atom stereocenters. The maximum absolute atomic E-state index is 5.87. The highest BCUT2D eigenvalue weighted by atomic mass is 28.4. The summed E-state index contributed by atoms with van der Waals surface area (Å²) in [5.41, 5.74) is 8.79. The number of nitrogens with one attached hydrogen (secondary N) is 1. The van der Waals surface area contributed by atoms with Crippen LogP contribution in [0.2, 0.25) is 6.04 Å². The van der Waals surface area contributed by atoms with Gasteiger partial charge in [-0.1, -0.05) is 6.07 Å². The predicted molar refractivity (Wildman–Crippen MR) is 80.3 cm³/mol. The molecule has 0 aromatic heterocycles. The highest BCUT2D eigenvalue weighted by Gasteiger charge is 2.36. The Hall–Kier alpha value is -1.08. The Morgan fingerprint density at radius 3 is 2.32 bits per heavy atom. The van der Waals surface area contributed by atoms with Crippen molar-refractivity contribution in [2.24, 2.45) is 0 Å². The van der Waals surface area contributed by atoms with E-state index in [-0.39, 0.29) is 0 Å². The minimum absolute atomic E-state index is 0.783. The lowest BCUT2D eigenvalue weighted by atomic mass is 10.2. The normalized spacial score (nSPS) is 11.6. The second-order valence-electron chi connectivity index (χ2n) is 4.40. The molecule has 0 bridgehead atoms. The molecule has 5 nitrogen and oxygen atoms in total. The highest BCUT2D eigenvalue weighted by molar-refractivity contribution is 6.60. The lowest BCUT2D eigenvalue weighted by molar-refractivity contribution is 0.123. The molecule has 19 heavy (non-hydrogen) atoms. The molecule has 0 aliphatic heterocycles. The summed E-state index contributed by atoms with van der Waals surface area (Å²) in [6.45, 7) is 2.82. The number of hydrogen-bond acceptors (Lipinski definition) is 5. The van der Waals surface area contributed by atoms with E-state index in [2.05, 4.69) is 5.32 Å². The molecule has 0 aliphatic rings. The van der Waals surface area contributed by atoms with E-state index in [1.54, 1.807) is 21.3 Å². The standard InChI is InChI=1S/C13H24N2O3Si/c1-11-6-7-12(10-13(11)14)15-8-5-9-19(16-2,17-3)18-4/h6-7,10,15H,5,8-9,14H2,1-4H3. The van der Waals surface area contributed by atoms with Gasteiger partial charge >= 0.3 is 8.80 Å². The molecule has 0 spiro atoms. The number of aryl methyl sites for hydroxylation is 1. The Bertz CT molecular complexity index is 389. The van der Waals surface area contributed by atoms with Crippen LogP contribution in [0.4, 0.5) is 11.4 Å². The summed E-state index contributed by atoms with van der Waals surface area (Å²) in [5, 5.41) is 3.33. The largest absolute Gasteiger partial charge is 0.500 e. The lowest BCUT2D eigenvalue weighted by Gasteiger charge is -2.24. The van der Waals surface area contributed by atoms with Gasteiger partial charge in [0.2, 0.25) is 0 Å². The molecule has 108 valence electrons. The average molecular weight is 284 g/mol. The smallest absolute Gasteiger partial charge is 0.398 e. The summed E-state index contributed by atoms with van der Waals surface area (Å²) in [7, 11) is 2.46. The van der Waals surface area contributed by atoms with Gasteiger partial charge < -0.3 is 24.3 Å². The number of rotatable bonds is 8. The molecule has 1 rings (SSSR count). The van der Waals surface area contributed by atoms with Crippen LogP contribution >= 0.6 is 0 Å². The topological polar surface area (TPSA) is 65.7 Å². The molecule has 0 heterocycles. The Morgan fingerprint density at radius 1 is 1.16 bits per heavy atom. The Balaban J connectivity index is 2.40. The number of nitrogen functional groups attached to an aromatic ring is 1. The van der Waals surface area contributed by atoms with Crippen LogP contribution in [0.3, 0.4) is 0 Å². The summed E-state index contributed by atoms with van der Waals surface area (Å²) >= 11 is 0. The monoisotopic (exact) mass is 284 g/mol. The van der Waals surface area contributed by atoms with Crippen molar-refractivity contribution in [3.8, 4) is 0 Å². The summed E-state index contributed by atoms with van der Waals surface area (Å²) in [6.07, 6.45) is 0.912. The first-order valence-corrected chi connectivity index (χ1v) is 8.25. The van der Waals surface area contributed by atoms with Crippen LogP contribution in [0.1, 0.15) is 12.0 Å². The van der Waals surface area contributed by atoms with Crippen molar-refractivity contribution < 1.29 is 13.3 Å². The minimum Gasteiger partial charge on any atom is -0.398 e. The summed E-state index contributed by atoms with van der Waals surface area (Å²) < 4.78 is 16.1. The third-order valence-electron chi connectivity index (χ3n) is 3.20. The van der Waals surface area contributed by atoms with Crippen molar-refractivity contribution in [1.29, 1.82) is 0 Å². The number of hydrogen-bond donors (Lipinski definition) is 2. The molecule has 0 fully saturated rings. The van der Waals surface area contributed by atoms with Crippen molar-refractivity contribution in [2.75, 3.05) is 38.9 Å². The number of anilines is 2. The van der Waals surface area contributed by atoms with E-state index >= 15 is 0 Å². The molecule has 0 radical (unpaired) electrons. The van der Waals surface area contributed by atoms with E-state index in [4.69, 9.17) is 19.0 Å². The van der Waals surface area contributed by atoms with Gasteiger partial charge in [-0.2, -0.15) is 0 Å². The van der Waals surface area contributed by atoms with Gasteiger partial charge in [-0.25, -0.2) is 0 Å². The summed E-state index contributed by atoms with van der Waals surface area (Å²) in [6, 6.07) is 6.77. The molecule has 0 amide bonds. The SMILES string of the molecule is CO[Si](CCCNc1ccc(C)c(N)c1)(OC)OC. The maximum atomic E-state index is 5.87. The maximum Gasteiger partial charge on any atom is 0.500 e. The van der Waals surface area contributed by atoms with Gasteiger partial charge in [0.05, 0.1) is 0 Å². The fraction of sp³-hybridized carbons (Fsp3) is 0.538.